The van der Waals surface area contributed by atoms with Gasteiger partial charge >= 0.3 is 0 Å². The second-order valence-electron chi connectivity index (χ2n) is 4.72. The van der Waals surface area contributed by atoms with Crippen molar-refractivity contribution < 1.29 is 19.2 Å². The van der Waals surface area contributed by atoms with Crippen molar-refractivity contribution in [1.29, 1.82) is 0 Å². The molecule has 0 spiro atoms. The van der Waals surface area contributed by atoms with Gasteiger partial charge < -0.3 is 14.8 Å². The van der Waals surface area contributed by atoms with E-state index in [4.69, 9.17) is 9.47 Å². The molecule has 0 fully saturated rings. The molecule has 1 aromatic carbocycles. The van der Waals surface area contributed by atoms with Gasteiger partial charge in [-0.3, -0.25) is 14.9 Å². The van der Waals surface area contributed by atoms with Crippen molar-refractivity contribution >= 4 is 11.6 Å². The fraction of sp³-hybridized carbons (Fsp3) is 0.250. The van der Waals surface area contributed by atoms with E-state index >= 15 is 0 Å². The van der Waals surface area contributed by atoms with E-state index in [0.717, 1.165) is 5.56 Å². The molecule has 0 aliphatic carbocycles. The molecular formula is C16H17N3O5. The lowest BCUT2D eigenvalue weighted by atomic mass is 10.2. The molecule has 24 heavy (non-hydrogen) atoms. The predicted molar refractivity (Wildman–Crippen MR) is 85.8 cm³/mol. The maximum Gasteiger partial charge on any atom is 0.273 e. The minimum atomic E-state index is -0.523. The second-order valence-corrected chi connectivity index (χ2v) is 4.72. The number of nitro groups is 1. The number of nitro benzene ring substituents is 1. The average molecular weight is 331 g/mol. The number of carbonyl (C=O) groups is 1. The molecular weight excluding hydrogens is 314 g/mol. The summed E-state index contributed by atoms with van der Waals surface area (Å²) >= 11 is 0. The van der Waals surface area contributed by atoms with Crippen molar-refractivity contribution in [1.82, 2.24) is 10.3 Å². The highest BCUT2D eigenvalue weighted by molar-refractivity contribution is 5.77. The molecule has 1 amide bonds. The van der Waals surface area contributed by atoms with Gasteiger partial charge in [0.2, 0.25) is 5.88 Å². The zero-order valence-corrected chi connectivity index (χ0v) is 13.1. The van der Waals surface area contributed by atoms with Crippen molar-refractivity contribution in [3.8, 4) is 11.6 Å². The quantitative estimate of drug-likeness (QED) is 0.587. The van der Waals surface area contributed by atoms with Crippen LogP contribution in [-0.2, 0) is 11.3 Å². The Labute approximate surface area is 138 Å². The molecule has 0 saturated carbocycles. The smallest absolute Gasteiger partial charge is 0.273 e. The van der Waals surface area contributed by atoms with Crippen LogP contribution in [0.2, 0.25) is 0 Å². The van der Waals surface area contributed by atoms with E-state index in [1.165, 1.54) is 18.2 Å². The number of rotatable bonds is 8. The molecule has 2 aromatic rings. The molecule has 0 radical (unpaired) electrons. The Kier molecular flexibility index (Phi) is 6.07. The summed E-state index contributed by atoms with van der Waals surface area (Å²) in [5.74, 6) is 0.378. The van der Waals surface area contributed by atoms with Gasteiger partial charge in [0.05, 0.1) is 17.6 Å². The third-order valence-corrected chi connectivity index (χ3v) is 3.01. The van der Waals surface area contributed by atoms with Gasteiger partial charge in [0.25, 0.3) is 11.6 Å². The first-order valence-corrected chi connectivity index (χ1v) is 7.30. The van der Waals surface area contributed by atoms with Crippen LogP contribution in [0.3, 0.4) is 0 Å². The molecule has 1 N–H and O–H groups in total. The Morgan fingerprint density at radius 2 is 2.12 bits per heavy atom. The molecule has 0 unspecified atom stereocenters. The first kappa shape index (κ1) is 17.2. The zero-order chi connectivity index (χ0) is 17.4. The van der Waals surface area contributed by atoms with E-state index in [1.54, 1.807) is 24.4 Å². The summed E-state index contributed by atoms with van der Waals surface area (Å²) in [5, 5.41) is 13.4. The highest BCUT2D eigenvalue weighted by Crippen LogP contribution is 2.19. The van der Waals surface area contributed by atoms with E-state index < -0.39 is 4.92 Å². The fourth-order valence-electron chi connectivity index (χ4n) is 1.91. The van der Waals surface area contributed by atoms with Crippen LogP contribution < -0.4 is 14.8 Å². The highest BCUT2D eigenvalue weighted by atomic mass is 16.6. The van der Waals surface area contributed by atoms with Crippen LogP contribution in [0, 0.1) is 10.1 Å². The number of nitrogens with one attached hydrogen (secondary N) is 1. The summed E-state index contributed by atoms with van der Waals surface area (Å²) in [6.07, 6.45) is 1.61. The van der Waals surface area contributed by atoms with Gasteiger partial charge in [0.1, 0.15) is 5.75 Å². The Hall–Kier alpha value is -3.16. The summed E-state index contributed by atoms with van der Waals surface area (Å²) < 4.78 is 10.6. The van der Waals surface area contributed by atoms with Gasteiger partial charge in [-0.2, -0.15) is 0 Å². The minimum Gasteiger partial charge on any atom is -0.484 e. The van der Waals surface area contributed by atoms with Crippen molar-refractivity contribution in [3.05, 3.63) is 58.3 Å². The molecule has 126 valence electrons. The predicted octanol–water partition coefficient (Wildman–Crippen LogP) is 2.08. The number of hydrogen-bond donors (Lipinski definition) is 1. The number of hydrogen-bond acceptors (Lipinski definition) is 6. The first-order chi connectivity index (χ1) is 11.6. The standard InChI is InChI=1S/C16H17N3O5/c1-2-23-16-12(5-4-8-17-16)10-18-15(20)11-24-14-7-3-6-13(9-14)19(21)22/h3-9H,2,10-11H2,1H3,(H,18,20). The molecule has 8 heteroatoms. The van der Waals surface area contributed by atoms with E-state index in [9.17, 15) is 14.9 Å². The average Bonchev–Trinajstić information content (AvgIpc) is 2.59. The number of nitrogens with zero attached hydrogens (tertiary/aromatic N) is 2. The van der Waals surface area contributed by atoms with Crippen LogP contribution in [-0.4, -0.2) is 29.0 Å². The van der Waals surface area contributed by atoms with Crippen LogP contribution in [0.5, 0.6) is 11.6 Å². The number of carbonyl (C=O) groups excluding carboxylic acids is 1. The van der Waals surface area contributed by atoms with E-state index in [-0.39, 0.29) is 30.5 Å². The molecule has 1 aromatic heterocycles. The zero-order valence-electron chi connectivity index (χ0n) is 13.1. The number of non-ortho nitro benzene ring substituents is 1. The monoisotopic (exact) mass is 331 g/mol. The molecule has 0 saturated heterocycles. The highest BCUT2D eigenvalue weighted by Gasteiger charge is 2.09. The van der Waals surface area contributed by atoms with Crippen LogP contribution in [0.25, 0.3) is 0 Å². The van der Waals surface area contributed by atoms with Crippen LogP contribution in [0.4, 0.5) is 5.69 Å². The van der Waals surface area contributed by atoms with Crippen LogP contribution in [0.15, 0.2) is 42.6 Å². The summed E-state index contributed by atoms with van der Waals surface area (Å²) in [6, 6.07) is 9.22. The third-order valence-electron chi connectivity index (χ3n) is 3.01. The van der Waals surface area contributed by atoms with Gasteiger partial charge in [-0.05, 0) is 19.1 Å². The Morgan fingerprint density at radius 1 is 1.29 bits per heavy atom. The van der Waals surface area contributed by atoms with Crippen molar-refractivity contribution in [2.75, 3.05) is 13.2 Å². The molecule has 0 aliphatic rings. The molecule has 0 bridgehead atoms. The summed E-state index contributed by atoms with van der Waals surface area (Å²) in [5.41, 5.74) is 0.660. The lowest BCUT2D eigenvalue weighted by Crippen LogP contribution is -2.28. The Morgan fingerprint density at radius 3 is 2.88 bits per heavy atom. The SMILES string of the molecule is CCOc1ncccc1CNC(=O)COc1cccc([N+](=O)[O-])c1. The summed E-state index contributed by atoms with van der Waals surface area (Å²) in [7, 11) is 0. The first-order valence-electron chi connectivity index (χ1n) is 7.30. The van der Waals surface area contributed by atoms with Gasteiger partial charge in [-0.25, -0.2) is 4.98 Å². The van der Waals surface area contributed by atoms with Gasteiger partial charge in [-0.1, -0.05) is 12.1 Å². The molecule has 8 nitrogen and oxygen atoms in total. The maximum atomic E-state index is 11.8. The van der Waals surface area contributed by atoms with Gasteiger partial charge in [0, 0.05) is 24.4 Å². The number of benzene rings is 1. The van der Waals surface area contributed by atoms with E-state index in [1.807, 2.05) is 6.92 Å². The minimum absolute atomic E-state index is 0.0929. The van der Waals surface area contributed by atoms with Crippen molar-refractivity contribution in [2.45, 2.75) is 13.5 Å². The molecule has 0 atom stereocenters. The third kappa shape index (κ3) is 4.94. The lowest BCUT2D eigenvalue weighted by Gasteiger charge is -2.10. The number of pyridine rings is 1. The van der Waals surface area contributed by atoms with Crippen LogP contribution >= 0.6 is 0 Å². The Bertz CT molecular complexity index is 720. The second kappa shape index (κ2) is 8.47. The number of aromatic nitrogens is 1. The van der Waals surface area contributed by atoms with Crippen molar-refractivity contribution in [2.24, 2.45) is 0 Å². The summed E-state index contributed by atoms with van der Waals surface area (Å²) in [6.45, 7) is 2.34. The van der Waals surface area contributed by atoms with Crippen LogP contribution in [0.1, 0.15) is 12.5 Å². The molecule has 0 aliphatic heterocycles. The lowest BCUT2D eigenvalue weighted by molar-refractivity contribution is -0.384. The molecule has 2 rings (SSSR count). The van der Waals surface area contributed by atoms with E-state index in [0.29, 0.717) is 12.5 Å². The normalized spacial score (nSPS) is 10.0. The number of amides is 1. The molecule has 1 heterocycles. The Balaban J connectivity index is 1.86. The van der Waals surface area contributed by atoms with Gasteiger partial charge in [-0.15, -0.1) is 0 Å². The summed E-state index contributed by atoms with van der Waals surface area (Å²) in [4.78, 5) is 26.1. The maximum absolute atomic E-state index is 11.8. The number of ether oxygens (including phenoxy) is 2. The fourth-order valence-corrected chi connectivity index (χ4v) is 1.91. The van der Waals surface area contributed by atoms with Gasteiger partial charge in [0.15, 0.2) is 6.61 Å². The topological polar surface area (TPSA) is 104 Å². The van der Waals surface area contributed by atoms with E-state index in [2.05, 4.69) is 10.3 Å². The largest absolute Gasteiger partial charge is 0.484 e. The van der Waals surface area contributed by atoms with Crippen molar-refractivity contribution in [3.63, 3.8) is 0 Å².